The molecule has 0 aliphatic rings. The summed E-state index contributed by atoms with van der Waals surface area (Å²) in [6.45, 7) is 2.11. The fourth-order valence-corrected chi connectivity index (χ4v) is 2.04. The molecule has 0 radical (unpaired) electrons. The third-order valence-corrected chi connectivity index (χ3v) is 3.15. The zero-order valence-corrected chi connectivity index (χ0v) is 11.5. The van der Waals surface area contributed by atoms with Crippen molar-refractivity contribution in [3.63, 3.8) is 0 Å². The van der Waals surface area contributed by atoms with E-state index in [1.165, 1.54) is 51.4 Å². The number of hydrogen-bond donors (Lipinski definition) is 1. The van der Waals surface area contributed by atoms with E-state index in [0.717, 1.165) is 12.8 Å². The van der Waals surface area contributed by atoms with E-state index in [2.05, 4.69) is 17.1 Å². The van der Waals surface area contributed by atoms with Crippen molar-refractivity contribution >= 4 is 0 Å². The maximum absolute atomic E-state index is 8.80. The molecule has 0 spiro atoms. The Labute approximate surface area is 110 Å². The third-order valence-electron chi connectivity index (χ3n) is 3.15. The van der Waals surface area contributed by atoms with Crippen molar-refractivity contribution in [1.29, 1.82) is 0 Å². The molecular weight excluding hydrogens is 228 g/mol. The Balaban J connectivity index is 1.89. The van der Waals surface area contributed by atoms with Crippen LogP contribution in [0.4, 0.5) is 0 Å². The molecule has 0 saturated carbocycles. The van der Waals surface area contributed by atoms with Crippen LogP contribution in [-0.2, 0) is 13.0 Å². The average Bonchev–Trinajstić information content (AvgIpc) is 2.85. The Morgan fingerprint density at radius 3 is 2.11 bits per heavy atom. The molecule has 1 rings (SSSR count). The summed E-state index contributed by atoms with van der Waals surface area (Å²) in [6.07, 6.45) is 12.7. The standard InChI is InChI=1S/C14H26N2O2/c1-2-3-4-5-6-7-8-9-10-11-14-15-13(12-17)16-18-14/h17H,2-12H2,1H3. The van der Waals surface area contributed by atoms with E-state index in [1.54, 1.807) is 0 Å². The zero-order valence-electron chi connectivity index (χ0n) is 11.5. The molecule has 0 aliphatic carbocycles. The Hall–Kier alpha value is -0.900. The highest BCUT2D eigenvalue weighted by Crippen LogP contribution is 2.11. The molecule has 0 atom stereocenters. The summed E-state index contributed by atoms with van der Waals surface area (Å²) in [5.41, 5.74) is 0. The third kappa shape index (κ3) is 6.74. The van der Waals surface area contributed by atoms with Gasteiger partial charge in [0.15, 0.2) is 5.82 Å². The van der Waals surface area contributed by atoms with Crippen LogP contribution in [-0.4, -0.2) is 15.2 Å². The number of aliphatic hydroxyl groups is 1. The predicted octanol–water partition coefficient (Wildman–Crippen LogP) is 3.64. The van der Waals surface area contributed by atoms with Gasteiger partial charge in [0.1, 0.15) is 6.61 Å². The molecule has 0 aliphatic heterocycles. The molecule has 4 nitrogen and oxygen atoms in total. The van der Waals surface area contributed by atoms with Crippen LogP contribution in [0, 0.1) is 0 Å². The Morgan fingerprint density at radius 2 is 1.56 bits per heavy atom. The minimum Gasteiger partial charge on any atom is -0.388 e. The maximum Gasteiger partial charge on any atom is 0.226 e. The summed E-state index contributed by atoms with van der Waals surface area (Å²) in [5, 5.41) is 12.5. The molecule has 0 unspecified atom stereocenters. The summed E-state index contributed by atoms with van der Waals surface area (Å²) in [7, 11) is 0. The highest BCUT2D eigenvalue weighted by Gasteiger charge is 2.04. The van der Waals surface area contributed by atoms with E-state index in [0.29, 0.717) is 11.7 Å². The molecule has 18 heavy (non-hydrogen) atoms. The van der Waals surface area contributed by atoms with Crippen molar-refractivity contribution in [2.75, 3.05) is 0 Å². The molecule has 1 heterocycles. The first-order valence-electron chi connectivity index (χ1n) is 7.29. The van der Waals surface area contributed by atoms with Crippen molar-refractivity contribution in [3.8, 4) is 0 Å². The van der Waals surface area contributed by atoms with Crippen LogP contribution >= 0.6 is 0 Å². The summed E-state index contributed by atoms with van der Waals surface area (Å²) >= 11 is 0. The van der Waals surface area contributed by atoms with Gasteiger partial charge in [0.25, 0.3) is 0 Å². The van der Waals surface area contributed by atoms with Crippen LogP contribution in [0.25, 0.3) is 0 Å². The number of aryl methyl sites for hydroxylation is 1. The topological polar surface area (TPSA) is 59.2 Å². The largest absolute Gasteiger partial charge is 0.388 e. The highest BCUT2D eigenvalue weighted by atomic mass is 16.5. The molecule has 0 aromatic carbocycles. The van der Waals surface area contributed by atoms with Gasteiger partial charge >= 0.3 is 0 Å². The van der Waals surface area contributed by atoms with Crippen LogP contribution < -0.4 is 0 Å². The smallest absolute Gasteiger partial charge is 0.226 e. The highest BCUT2D eigenvalue weighted by molar-refractivity contribution is 4.83. The monoisotopic (exact) mass is 254 g/mol. The van der Waals surface area contributed by atoms with Gasteiger partial charge in [-0.2, -0.15) is 4.98 Å². The van der Waals surface area contributed by atoms with Crippen LogP contribution in [0.3, 0.4) is 0 Å². The van der Waals surface area contributed by atoms with Crippen molar-refractivity contribution in [2.45, 2.75) is 77.7 Å². The molecule has 1 aromatic rings. The number of nitrogens with zero attached hydrogens (tertiary/aromatic N) is 2. The van der Waals surface area contributed by atoms with Gasteiger partial charge < -0.3 is 9.63 Å². The van der Waals surface area contributed by atoms with Gasteiger partial charge in [-0.25, -0.2) is 0 Å². The van der Waals surface area contributed by atoms with E-state index in [1.807, 2.05) is 0 Å². The van der Waals surface area contributed by atoms with Crippen LogP contribution in [0.15, 0.2) is 4.52 Å². The second kappa shape index (κ2) is 10.1. The summed E-state index contributed by atoms with van der Waals surface area (Å²) < 4.78 is 5.01. The van der Waals surface area contributed by atoms with Crippen LogP contribution in [0.2, 0.25) is 0 Å². The van der Waals surface area contributed by atoms with Crippen molar-refractivity contribution in [2.24, 2.45) is 0 Å². The molecule has 0 fully saturated rings. The number of hydrogen-bond acceptors (Lipinski definition) is 4. The van der Waals surface area contributed by atoms with Crippen molar-refractivity contribution in [3.05, 3.63) is 11.7 Å². The molecule has 0 amide bonds. The lowest BCUT2D eigenvalue weighted by Crippen LogP contribution is -1.89. The van der Waals surface area contributed by atoms with E-state index >= 15 is 0 Å². The molecule has 0 saturated heterocycles. The second-order valence-electron chi connectivity index (χ2n) is 4.84. The zero-order chi connectivity index (χ0) is 13.1. The van der Waals surface area contributed by atoms with Crippen molar-refractivity contribution < 1.29 is 9.63 Å². The molecule has 1 N–H and O–H groups in total. The number of aromatic nitrogens is 2. The van der Waals surface area contributed by atoms with E-state index in [9.17, 15) is 0 Å². The molecular formula is C14H26N2O2. The van der Waals surface area contributed by atoms with Gasteiger partial charge in [0, 0.05) is 6.42 Å². The predicted molar refractivity (Wildman–Crippen MR) is 71.2 cm³/mol. The lowest BCUT2D eigenvalue weighted by atomic mass is 10.1. The summed E-state index contributed by atoms with van der Waals surface area (Å²) in [4.78, 5) is 4.07. The normalized spacial score (nSPS) is 11.0. The van der Waals surface area contributed by atoms with Crippen LogP contribution in [0.1, 0.15) is 76.4 Å². The SMILES string of the molecule is CCCCCCCCCCCc1nc(CO)no1. The Bertz CT molecular complexity index is 300. The number of rotatable bonds is 11. The Kier molecular flexibility index (Phi) is 8.47. The van der Waals surface area contributed by atoms with Gasteiger partial charge in [0.2, 0.25) is 5.89 Å². The fraction of sp³-hybridized carbons (Fsp3) is 0.857. The van der Waals surface area contributed by atoms with Gasteiger partial charge in [-0.3, -0.25) is 0 Å². The quantitative estimate of drug-likeness (QED) is 0.612. The first-order chi connectivity index (χ1) is 8.86. The first kappa shape index (κ1) is 15.2. The van der Waals surface area contributed by atoms with E-state index in [4.69, 9.17) is 9.63 Å². The minimum absolute atomic E-state index is 0.138. The lowest BCUT2D eigenvalue weighted by molar-refractivity contribution is 0.262. The van der Waals surface area contributed by atoms with Crippen molar-refractivity contribution in [1.82, 2.24) is 10.1 Å². The summed E-state index contributed by atoms with van der Waals surface area (Å²) in [5.74, 6) is 1.04. The van der Waals surface area contributed by atoms with Gasteiger partial charge in [-0.05, 0) is 6.42 Å². The number of aliphatic hydroxyl groups excluding tert-OH is 1. The molecule has 1 aromatic heterocycles. The first-order valence-corrected chi connectivity index (χ1v) is 7.29. The van der Waals surface area contributed by atoms with Crippen LogP contribution in [0.5, 0.6) is 0 Å². The lowest BCUT2D eigenvalue weighted by Gasteiger charge is -2.00. The maximum atomic E-state index is 8.80. The second-order valence-corrected chi connectivity index (χ2v) is 4.84. The number of unbranched alkanes of at least 4 members (excludes halogenated alkanes) is 8. The molecule has 104 valence electrons. The van der Waals surface area contributed by atoms with E-state index < -0.39 is 0 Å². The molecule has 4 heteroatoms. The summed E-state index contributed by atoms with van der Waals surface area (Å²) in [6, 6.07) is 0. The Morgan fingerprint density at radius 1 is 0.944 bits per heavy atom. The van der Waals surface area contributed by atoms with Gasteiger partial charge in [-0.1, -0.05) is 63.4 Å². The van der Waals surface area contributed by atoms with E-state index in [-0.39, 0.29) is 6.61 Å². The molecule has 0 bridgehead atoms. The average molecular weight is 254 g/mol. The van der Waals surface area contributed by atoms with Gasteiger partial charge in [-0.15, -0.1) is 0 Å². The fourth-order valence-electron chi connectivity index (χ4n) is 2.04. The van der Waals surface area contributed by atoms with Gasteiger partial charge in [0.05, 0.1) is 0 Å². The minimum atomic E-state index is -0.138.